The van der Waals surface area contributed by atoms with E-state index in [9.17, 15) is 13.2 Å². The molecule has 2 aliphatic heterocycles. The lowest BCUT2D eigenvalue weighted by molar-refractivity contribution is -0.160. The zero-order valence-electron chi connectivity index (χ0n) is 11.5. The Balaban J connectivity index is 2.04. The second-order valence-electron chi connectivity index (χ2n) is 5.72. The van der Waals surface area contributed by atoms with Crippen molar-refractivity contribution in [3.05, 3.63) is 0 Å². The van der Waals surface area contributed by atoms with Gasteiger partial charge in [-0.3, -0.25) is 4.90 Å². The maximum Gasteiger partial charge on any atom is 0.400 e. The van der Waals surface area contributed by atoms with Gasteiger partial charge in [-0.1, -0.05) is 5.16 Å². The van der Waals surface area contributed by atoms with Crippen LogP contribution in [0.5, 0.6) is 0 Å². The van der Waals surface area contributed by atoms with Crippen LogP contribution in [0, 0.1) is 5.92 Å². The van der Waals surface area contributed by atoms with Crippen molar-refractivity contribution in [2.45, 2.75) is 37.5 Å². The smallest absolute Gasteiger partial charge is 0.400 e. The molecule has 0 saturated carbocycles. The Hall–Kier alpha value is -1.02. The van der Waals surface area contributed by atoms with Crippen molar-refractivity contribution in [1.82, 2.24) is 9.80 Å². The van der Waals surface area contributed by atoms with Gasteiger partial charge < -0.3 is 15.8 Å². The number of likely N-dealkylation sites (N-methyl/N-ethyl adjacent to an activating group) is 1. The fourth-order valence-electron chi connectivity index (χ4n) is 3.24. The number of fused-ring (bicyclic) bond motifs is 2. The SMILES string of the molecule is CN1C2CCC1CN(CC(C(N)=NO)C(F)(F)F)CC2. The van der Waals surface area contributed by atoms with Gasteiger partial charge in [-0.05, 0) is 32.9 Å². The van der Waals surface area contributed by atoms with Crippen LogP contribution in [0.2, 0.25) is 0 Å². The second-order valence-corrected chi connectivity index (χ2v) is 5.72. The van der Waals surface area contributed by atoms with E-state index in [-0.39, 0.29) is 6.54 Å². The third-order valence-electron chi connectivity index (χ3n) is 4.54. The molecule has 3 N–H and O–H groups in total. The van der Waals surface area contributed by atoms with E-state index in [1.54, 1.807) is 4.90 Å². The highest BCUT2D eigenvalue weighted by atomic mass is 19.4. The van der Waals surface area contributed by atoms with Gasteiger partial charge in [0.15, 0.2) is 5.84 Å². The average Bonchev–Trinajstić information content (AvgIpc) is 2.60. The van der Waals surface area contributed by atoms with Crippen molar-refractivity contribution in [2.24, 2.45) is 16.8 Å². The van der Waals surface area contributed by atoms with E-state index in [4.69, 9.17) is 10.9 Å². The van der Waals surface area contributed by atoms with Crippen LogP contribution in [-0.2, 0) is 0 Å². The minimum atomic E-state index is -4.49. The normalized spacial score (nSPS) is 31.3. The number of hydrogen-bond acceptors (Lipinski definition) is 4. The minimum Gasteiger partial charge on any atom is -0.409 e. The van der Waals surface area contributed by atoms with E-state index >= 15 is 0 Å². The second kappa shape index (κ2) is 5.77. The Morgan fingerprint density at radius 2 is 2.00 bits per heavy atom. The van der Waals surface area contributed by atoms with Crippen LogP contribution in [0.4, 0.5) is 13.2 Å². The van der Waals surface area contributed by atoms with Gasteiger partial charge in [0, 0.05) is 25.2 Å². The summed E-state index contributed by atoms with van der Waals surface area (Å²) in [7, 11) is 2.04. The van der Waals surface area contributed by atoms with Crippen LogP contribution < -0.4 is 5.73 Å². The minimum absolute atomic E-state index is 0.240. The molecule has 2 rings (SSSR count). The molecule has 3 atom stereocenters. The van der Waals surface area contributed by atoms with Crippen LogP contribution in [-0.4, -0.2) is 65.8 Å². The zero-order valence-corrected chi connectivity index (χ0v) is 11.5. The van der Waals surface area contributed by atoms with Gasteiger partial charge in [0.2, 0.25) is 0 Å². The number of nitrogens with zero attached hydrogens (tertiary/aromatic N) is 3. The van der Waals surface area contributed by atoms with Gasteiger partial charge in [-0.25, -0.2) is 0 Å². The number of hydrogen-bond donors (Lipinski definition) is 2. The number of nitrogens with two attached hydrogens (primary N) is 1. The number of rotatable bonds is 3. The summed E-state index contributed by atoms with van der Waals surface area (Å²) >= 11 is 0. The Bertz CT molecular complexity index is 374. The molecule has 0 radical (unpaired) electrons. The largest absolute Gasteiger partial charge is 0.409 e. The predicted molar refractivity (Wildman–Crippen MR) is 68.6 cm³/mol. The van der Waals surface area contributed by atoms with Crippen LogP contribution in [0.3, 0.4) is 0 Å². The van der Waals surface area contributed by atoms with Crippen LogP contribution in [0.15, 0.2) is 5.16 Å². The van der Waals surface area contributed by atoms with Crippen molar-refractivity contribution in [2.75, 3.05) is 26.7 Å². The van der Waals surface area contributed by atoms with E-state index < -0.39 is 17.9 Å². The lowest BCUT2D eigenvalue weighted by Gasteiger charge is -2.29. The summed E-state index contributed by atoms with van der Waals surface area (Å²) in [6.45, 7) is 0.992. The van der Waals surface area contributed by atoms with Crippen LogP contribution in [0.25, 0.3) is 0 Å². The standard InChI is InChI=1S/C12H21F3N4O/c1-18-8-2-3-9(18)6-19(5-4-8)7-10(11(16)17-20)12(13,14)15/h8-10,20H,2-7H2,1H3,(H2,16,17). The number of halogens is 3. The number of alkyl halides is 3. The molecule has 2 aliphatic rings. The van der Waals surface area contributed by atoms with Crippen molar-refractivity contribution in [1.29, 1.82) is 0 Å². The van der Waals surface area contributed by atoms with E-state index in [0.717, 1.165) is 19.3 Å². The first-order valence-electron chi connectivity index (χ1n) is 6.81. The molecule has 20 heavy (non-hydrogen) atoms. The first-order chi connectivity index (χ1) is 9.32. The maximum atomic E-state index is 13.0. The molecule has 0 aromatic carbocycles. The Kier molecular flexibility index (Phi) is 4.43. The van der Waals surface area contributed by atoms with Gasteiger partial charge in [-0.15, -0.1) is 0 Å². The molecule has 0 amide bonds. The van der Waals surface area contributed by atoms with E-state index in [1.807, 2.05) is 7.05 Å². The summed E-state index contributed by atoms with van der Waals surface area (Å²) in [5, 5.41) is 11.1. The van der Waals surface area contributed by atoms with Crippen LogP contribution >= 0.6 is 0 Å². The van der Waals surface area contributed by atoms with Crippen molar-refractivity contribution < 1.29 is 18.4 Å². The average molecular weight is 294 g/mol. The number of oxime groups is 1. The van der Waals surface area contributed by atoms with Gasteiger partial charge in [-0.2, -0.15) is 13.2 Å². The number of amidine groups is 1. The van der Waals surface area contributed by atoms with Gasteiger partial charge in [0.25, 0.3) is 0 Å². The summed E-state index contributed by atoms with van der Waals surface area (Å²) in [5.41, 5.74) is 5.21. The monoisotopic (exact) mass is 294 g/mol. The quantitative estimate of drug-likeness (QED) is 0.354. The first-order valence-corrected chi connectivity index (χ1v) is 6.81. The van der Waals surface area contributed by atoms with Gasteiger partial charge in [0.1, 0.15) is 5.92 Å². The van der Waals surface area contributed by atoms with Crippen molar-refractivity contribution in [3.63, 3.8) is 0 Å². The van der Waals surface area contributed by atoms with E-state index in [2.05, 4.69) is 10.1 Å². The molecule has 5 nitrogen and oxygen atoms in total. The molecule has 116 valence electrons. The summed E-state index contributed by atoms with van der Waals surface area (Å²) in [5.74, 6) is -2.67. The first kappa shape index (κ1) is 15.4. The summed E-state index contributed by atoms with van der Waals surface area (Å²) in [4.78, 5) is 4.06. The van der Waals surface area contributed by atoms with Gasteiger partial charge in [0.05, 0.1) is 0 Å². The summed E-state index contributed by atoms with van der Waals surface area (Å²) < 4.78 is 38.9. The Morgan fingerprint density at radius 3 is 2.60 bits per heavy atom. The van der Waals surface area contributed by atoms with E-state index in [1.165, 1.54) is 0 Å². The molecule has 0 aliphatic carbocycles. The Morgan fingerprint density at radius 1 is 1.35 bits per heavy atom. The predicted octanol–water partition coefficient (Wildman–Crippen LogP) is 1.08. The van der Waals surface area contributed by atoms with Crippen molar-refractivity contribution in [3.8, 4) is 0 Å². The molecule has 3 unspecified atom stereocenters. The van der Waals surface area contributed by atoms with Gasteiger partial charge >= 0.3 is 6.18 Å². The molecule has 8 heteroatoms. The van der Waals surface area contributed by atoms with E-state index in [0.29, 0.717) is 25.2 Å². The molecular formula is C12H21F3N4O. The molecule has 2 bridgehead atoms. The summed E-state index contributed by atoms with van der Waals surface area (Å²) in [6, 6.07) is 0.780. The third-order valence-corrected chi connectivity index (χ3v) is 4.54. The fourth-order valence-corrected chi connectivity index (χ4v) is 3.24. The molecule has 0 aromatic heterocycles. The number of likely N-dealkylation sites (tertiary alicyclic amines) is 1. The molecule has 2 heterocycles. The topological polar surface area (TPSA) is 65.1 Å². The third kappa shape index (κ3) is 3.17. The lowest BCUT2D eigenvalue weighted by atomic mass is 10.0. The summed E-state index contributed by atoms with van der Waals surface area (Å²) in [6.07, 6.45) is -1.48. The molecular weight excluding hydrogens is 273 g/mol. The zero-order chi connectivity index (χ0) is 14.9. The van der Waals surface area contributed by atoms with Crippen LogP contribution in [0.1, 0.15) is 19.3 Å². The highest BCUT2D eigenvalue weighted by Gasteiger charge is 2.45. The highest BCUT2D eigenvalue weighted by molar-refractivity contribution is 5.83. The molecule has 2 saturated heterocycles. The lowest BCUT2D eigenvalue weighted by Crippen LogP contribution is -2.46. The fraction of sp³-hybridized carbons (Fsp3) is 0.917. The molecule has 0 aromatic rings. The van der Waals surface area contributed by atoms with Crippen molar-refractivity contribution >= 4 is 5.84 Å². The maximum absolute atomic E-state index is 13.0. The Labute approximate surface area is 116 Å². The highest BCUT2D eigenvalue weighted by Crippen LogP contribution is 2.31. The molecule has 2 fully saturated rings. The molecule has 0 spiro atoms.